The third-order valence-electron chi connectivity index (χ3n) is 3.39. The fraction of sp³-hybridized carbons (Fsp3) is 0.278. The Morgan fingerprint density at radius 3 is 2.45 bits per heavy atom. The van der Waals surface area contributed by atoms with Crippen molar-refractivity contribution in [1.82, 2.24) is 0 Å². The molecule has 0 aliphatic carbocycles. The molecule has 104 valence electrons. The van der Waals surface area contributed by atoms with Gasteiger partial charge in [0, 0.05) is 12.0 Å². The first-order chi connectivity index (χ1) is 9.66. The van der Waals surface area contributed by atoms with Gasteiger partial charge in [-0.2, -0.15) is 0 Å². The molecule has 0 bridgehead atoms. The topological polar surface area (TPSA) is 26.3 Å². The number of aryl methyl sites for hydroxylation is 2. The molecule has 0 aliphatic rings. The molecule has 0 aromatic heterocycles. The SMILES string of the molecule is Cc1ccc(OCCCC(=O)c2ccccc2)cc1C. The number of benzene rings is 2. The monoisotopic (exact) mass is 268 g/mol. The normalized spacial score (nSPS) is 10.3. The summed E-state index contributed by atoms with van der Waals surface area (Å²) in [6.07, 6.45) is 1.26. The summed E-state index contributed by atoms with van der Waals surface area (Å²) in [5, 5.41) is 0. The summed E-state index contributed by atoms with van der Waals surface area (Å²) in [5.74, 6) is 1.05. The van der Waals surface area contributed by atoms with Gasteiger partial charge in [0.25, 0.3) is 0 Å². The molecular formula is C18H20O2. The Kier molecular flexibility index (Phi) is 4.94. The van der Waals surface area contributed by atoms with E-state index >= 15 is 0 Å². The zero-order valence-electron chi connectivity index (χ0n) is 12.1. The van der Waals surface area contributed by atoms with Gasteiger partial charge in [-0.05, 0) is 43.5 Å². The molecule has 0 heterocycles. The van der Waals surface area contributed by atoms with Crippen molar-refractivity contribution in [1.29, 1.82) is 0 Å². The van der Waals surface area contributed by atoms with Crippen LogP contribution in [0.2, 0.25) is 0 Å². The van der Waals surface area contributed by atoms with Crippen molar-refractivity contribution in [3.8, 4) is 5.75 Å². The lowest BCUT2D eigenvalue weighted by Crippen LogP contribution is -2.04. The quantitative estimate of drug-likeness (QED) is 0.575. The van der Waals surface area contributed by atoms with Gasteiger partial charge in [-0.3, -0.25) is 4.79 Å². The smallest absolute Gasteiger partial charge is 0.163 e. The van der Waals surface area contributed by atoms with Gasteiger partial charge in [-0.25, -0.2) is 0 Å². The average molecular weight is 268 g/mol. The molecule has 0 fully saturated rings. The standard InChI is InChI=1S/C18H20O2/c1-14-10-11-17(13-15(14)2)20-12-6-9-18(19)16-7-4-3-5-8-16/h3-5,7-8,10-11,13H,6,9,12H2,1-2H3. The minimum Gasteiger partial charge on any atom is -0.494 e. The van der Waals surface area contributed by atoms with Crippen LogP contribution in [0.1, 0.15) is 34.3 Å². The van der Waals surface area contributed by atoms with E-state index in [0.29, 0.717) is 13.0 Å². The van der Waals surface area contributed by atoms with Crippen LogP contribution in [-0.4, -0.2) is 12.4 Å². The molecular weight excluding hydrogens is 248 g/mol. The predicted molar refractivity (Wildman–Crippen MR) is 81.4 cm³/mol. The molecule has 0 saturated carbocycles. The molecule has 2 aromatic rings. The van der Waals surface area contributed by atoms with E-state index in [1.807, 2.05) is 42.5 Å². The first-order valence-corrected chi connectivity index (χ1v) is 6.95. The van der Waals surface area contributed by atoms with Crippen molar-refractivity contribution >= 4 is 5.78 Å². The highest BCUT2D eigenvalue weighted by molar-refractivity contribution is 5.95. The van der Waals surface area contributed by atoms with Gasteiger partial charge in [-0.1, -0.05) is 36.4 Å². The Labute approximate surface area is 120 Å². The largest absolute Gasteiger partial charge is 0.494 e. The fourth-order valence-electron chi connectivity index (χ4n) is 1.99. The molecule has 0 saturated heterocycles. The molecule has 0 radical (unpaired) electrons. The van der Waals surface area contributed by atoms with E-state index in [0.717, 1.165) is 17.7 Å². The minimum atomic E-state index is 0.175. The number of carbonyl (C=O) groups is 1. The maximum absolute atomic E-state index is 11.9. The molecule has 0 aliphatic heterocycles. The van der Waals surface area contributed by atoms with Crippen LogP contribution in [0.5, 0.6) is 5.75 Å². The third-order valence-corrected chi connectivity index (χ3v) is 3.39. The van der Waals surface area contributed by atoms with Crippen LogP contribution in [0, 0.1) is 13.8 Å². The van der Waals surface area contributed by atoms with Crippen molar-refractivity contribution in [2.45, 2.75) is 26.7 Å². The van der Waals surface area contributed by atoms with Crippen LogP contribution >= 0.6 is 0 Å². The number of rotatable bonds is 6. The predicted octanol–water partition coefficient (Wildman–Crippen LogP) is 4.35. The number of hydrogen-bond donors (Lipinski definition) is 0. The van der Waals surface area contributed by atoms with E-state index in [9.17, 15) is 4.79 Å². The second kappa shape index (κ2) is 6.90. The second-order valence-corrected chi connectivity index (χ2v) is 4.99. The Bertz CT molecular complexity index is 573. The van der Waals surface area contributed by atoms with Gasteiger partial charge in [0.05, 0.1) is 6.61 Å². The second-order valence-electron chi connectivity index (χ2n) is 4.99. The van der Waals surface area contributed by atoms with Crippen LogP contribution in [0.15, 0.2) is 48.5 Å². The fourth-order valence-corrected chi connectivity index (χ4v) is 1.99. The van der Waals surface area contributed by atoms with Crippen molar-refractivity contribution < 1.29 is 9.53 Å². The van der Waals surface area contributed by atoms with Crippen molar-refractivity contribution in [3.63, 3.8) is 0 Å². The van der Waals surface area contributed by atoms with Crippen LogP contribution in [0.25, 0.3) is 0 Å². The number of ketones is 1. The molecule has 2 nitrogen and oxygen atoms in total. The highest BCUT2D eigenvalue weighted by Gasteiger charge is 2.04. The van der Waals surface area contributed by atoms with E-state index in [1.54, 1.807) is 0 Å². The van der Waals surface area contributed by atoms with E-state index in [-0.39, 0.29) is 5.78 Å². The highest BCUT2D eigenvalue weighted by Crippen LogP contribution is 2.16. The molecule has 2 aromatic carbocycles. The zero-order valence-corrected chi connectivity index (χ0v) is 12.1. The van der Waals surface area contributed by atoms with Crippen LogP contribution < -0.4 is 4.74 Å². The Morgan fingerprint density at radius 2 is 1.75 bits per heavy atom. The van der Waals surface area contributed by atoms with Gasteiger partial charge >= 0.3 is 0 Å². The summed E-state index contributed by atoms with van der Waals surface area (Å²) < 4.78 is 5.68. The third kappa shape index (κ3) is 3.95. The summed E-state index contributed by atoms with van der Waals surface area (Å²) in [5.41, 5.74) is 3.26. The van der Waals surface area contributed by atoms with Gasteiger partial charge in [0.2, 0.25) is 0 Å². The van der Waals surface area contributed by atoms with E-state index in [1.165, 1.54) is 11.1 Å². The minimum absolute atomic E-state index is 0.175. The van der Waals surface area contributed by atoms with E-state index < -0.39 is 0 Å². The van der Waals surface area contributed by atoms with Crippen molar-refractivity contribution in [3.05, 3.63) is 65.2 Å². The highest BCUT2D eigenvalue weighted by atomic mass is 16.5. The molecule has 0 amide bonds. The van der Waals surface area contributed by atoms with Crippen LogP contribution in [-0.2, 0) is 0 Å². The lowest BCUT2D eigenvalue weighted by Gasteiger charge is -2.08. The van der Waals surface area contributed by atoms with Crippen LogP contribution in [0.3, 0.4) is 0 Å². The first-order valence-electron chi connectivity index (χ1n) is 6.95. The molecule has 0 spiro atoms. The van der Waals surface area contributed by atoms with E-state index in [4.69, 9.17) is 4.74 Å². The van der Waals surface area contributed by atoms with Gasteiger partial charge in [0.1, 0.15) is 5.75 Å². The van der Waals surface area contributed by atoms with Crippen molar-refractivity contribution in [2.75, 3.05) is 6.61 Å². The summed E-state index contributed by atoms with van der Waals surface area (Å²) >= 11 is 0. The Balaban J connectivity index is 1.76. The van der Waals surface area contributed by atoms with Crippen molar-refractivity contribution in [2.24, 2.45) is 0 Å². The van der Waals surface area contributed by atoms with E-state index in [2.05, 4.69) is 19.9 Å². The zero-order chi connectivity index (χ0) is 14.4. The average Bonchev–Trinajstić information content (AvgIpc) is 2.48. The maximum Gasteiger partial charge on any atom is 0.163 e. The van der Waals surface area contributed by atoms with Gasteiger partial charge in [0.15, 0.2) is 5.78 Å². The van der Waals surface area contributed by atoms with Gasteiger partial charge in [-0.15, -0.1) is 0 Å². The molecule has 2 rings (SSSR count). The first kappa shape index (κ1) is 14.3. The molecule has 0 N–H and O–H groups in total. The number of Topliss-reactive ketones (excluding diaryl/α,β-unsaturated/α-hetero) is 1. The number of hydrogen-bond acceptors (Lipinski definition) is 2. The molecule has 0 unspecified atom stereocenters. The Morgan fingerprint density at radius 1 is 1.00 bits per heavy atom. The summed E-state index contributed by atoms with van der Waals surface area (Å²) in [6.45, 7) is 4.72. The maximum atomic E-state index is 11.9. The van der Waals surface area contributed by atoms with Crippen LogP contribution in [0.4, 0.5) is 0 Å². The number of carbonyl (C=O) groups excluding carboxylic acids is 1. The molecule has 20 heavy (non-hydrogen) atoms. The summed E-state index contributed by atoms with van der Waals surface area (Å²) in [7, 11) is 0. The summed E-state index contributed by atoms with van der Waals surface area (Å²) in [6, 6.07) is 15.5. The molecule has 0 atom stereocenters. The Hall–Kier alpha value is -2.09. The summed E-state index contributed by atoms with van der Waals surface area (Å²) in [4.78, 5) is 11.9. The molecule has 2 heteroatoms. The lowest BCUT2D eigenvalue weighted by atomic mass is 10.1. The lowest BCUT2D eigenvalue weighted by molar-refractivity contribution is 0.0973. The number of ether oxygens (including phenoxy) is 1. The van der Waals surface area contributed by atoms with Gasteiger partial charge < -0.3 is 4.74 Å².